The van der Waals surface area contributed by atoms with Gasteiger partial charge in [0, 0.05) is 25.0 Å². The second kappa shape index (κ2) is 13.7. The zero-order valence-electron chi connectivity index (χ0n) is 24.6. The molecule has 222 valence electrons. The molecule has 1 saturated carbocycles. The summed E-state index contributed by atoms with van der Waals surface area (Å²) < 4.78 is 11.1. The normalized spacial score (nSPS) is 18.3. The first-order valence-corrected chi connectivity index (χ1v) is 14.2. The molecule has 2 aromatic rings. The van der Waals surface area contributed by atoms with Gasteiger partial charge in [-0.15, -0.1) is 0 Å². The molecule has 42 heavy (non-hydrogen) atoms. The van der Waals surface area contributed by atoms with Crippen LogP contribution in [0.3, 0.4) is 0 Å². The van der Waals surface area contributed by atoms with Crippen LogP contribution in [0.15, 0.2) is 59.3 Å². The molecule has 1 aliphatic heterocycles. The van der Waals surface area contributed by atoms with Crippen LogP contribution in [-0.4, -0.2) is 62.3 Å². The lowest BCUT2D eigenvalue weighted by Crippen LogP contribution is -2.48. The molecule has 1 aliphatic carbocycles. The predicted molar refractivity (Wildman–Crippen MR) is 157 cm³/mol. The summed E-state index contributed by atoms with van der Waals surface area (Å²) in [5, 5.41) is 24.0. The van der Waals surface area contributed by atoms with Crippen LogP contribution in [0.25, 0.3) is 11.3 Å². The lowest BCUT2D eigenvalue weighted by molar-refractivity contribution is -0.157. The molecule has 1 saturated heterocycles. The van der Waals surface area contributed by atoms with Crippen LogP contribution in [0.5, 0.6) is 5.88 Å². The zero-order valence-corrected chi connectivity index (χ0v) is 24.6. The minimum Gasteiger partial charge on any atom is -0.477 e. The van der Waals surface area contributed by atoms with Gasteiger partial charge >= 0.3 is 0 Å². The fourth-order valence-corrected chi connectivity index (χ4v) is 4.54. The highest BCUT2D eigenvalue weighted by Gasteiger charge is 2.50. The SMILES string of the molecule is C/C=C\C(=N/C(NN(O)C1(C#N)CC1)=C(C)CC)C1(C(=O)Nc2ccc(-c3cncc(OCC)n3)cn2)CCOCC1. The number of hydrazine groups is 1. The molecule has 0 unspecified atom stereocenters. The summed E-state index contributed by atoms with van der Waals surface area (Å²) in [5.74, 6) is 0.945. The van der Waals surface area contributed by atoms with Gasteiger partial charge < -0.3 is 14.8 Å². The largest absolute Gasteiger partial charge is 0.477 e. The number of nitriles is 1. The van der Waals surface area contributed by atoms with Crippen molar-refractivity contribution < 1.29 is 19.5 Å². The smallest absolute Gasteiger partial charge is 0.237 e. The number of nitrogens with zero attached hydrogens (tertiary/aromatic N) is 6. The number of amides is 1. The number of rotatable bonds is 12. The molecule has 0 bridgehead atoms. The zero-order chi connectivity index (χ0) is 30.2. The number of carbonyl (C=O) groups excluding carboxylic acids is 1. The van der Waals surface area contributed by atoms with E-state index in [0.717, 1.165) is 16.3 Å². The number of aromatic nitrogens is 3. The Bertz CT molecular complexity index is 1390. The summed E-state index contributed by atoms with van der Waals surface area (Å²) in [6, 6.07) is 5.69. The number of hydroxylamine groups is 1. The third-order valence-corrected chi connectivity index (χ3v) is 7.52. The molecule has 3 heterocycles. The summed E-state index contributed by atoms with van der Waals surface area (Å²) in [6.07, 6.45) is 11.0. The average molecular weight is 575 g/mol. The van der Waals surface area contributed by atoms with Crippen molar-refractivity contribution in [3.63, 3.8) is 0 Å². The van der Waals surface area contributed by atoms with E-state index in [2.05, 4.69) is 31.8 Å². The van der Waals surface area contributed by atoms with Crippen molar-refractivity contribution in [1.82, 2.24) is 25.5 Å². The number of hydrogen-bond donors (Lipinski definition) is 3. The van der Waals surface area contributed by atoms with Gasteiger partial charge in [-0.1, -0.05) is 18.2 Å². The topological polar surface area (TPSA) is 158 Å². The Balaban J connectivity index is 1.63. The van der Waals surface area contributed by atoms with Crippen molar-refractivity contribution >= 4 is 17.4 Å². The molecule has 0 spiro atoms. The van der Waals surface area contributed by atoms with E-state index >= 15 is 0 Å². The quantitative estimate of drug-likeness (QED) is 0.242. The molecule has 2 aliphatic rings. The van der Waals surface area contributed by atoms with E-state index in [-0.39, 0.29) is 5.91 Å². The lowest BCUT2D eigenvalue weighted by Gasteiger charge is -2.36. The maximum absolute atomic E-state index is 14.0. The van der Waals surface area contributed by atoms with Crippen molar-refractivity contribution in [1.29, 1.82) is 5.26 Å². The van der Waals surface area contributed by atoms with E-state index in [1.54, 1.807) is 24.7 Å². The Morgan fingerprint density at radius 1 is 1.24 bits per heavy atom. The van der Waals surface area contributed by atoms with Gasteiger partial charge in [0.05, 0.1) is 41.9 Å². The monoisotopic (exact) mass is 574 g/mol. The maximum Gasteiger partial charge on any atom is 0.237 e. The average Bonchev–Trinajstić information content (AvgIpc) is 3.82. The Labute approximate surface area is 246 Å². The van der Waals surface area contributed by atoms with Gasteiger partial charge in [-0.2, -0.15) is 5.26 Å². The van der Waals surface area contributed by atoms with Crippen molar-refractivity contribution in [2.24, 2.45) is 10.4 Å². The molecule has 12 nitrogen and oxygen atoms in total. The molecular formula is C30H38N8O4. The molecule has 2 fully saturated rings. The van der Waals surface area contributed by atoms with E-state index in [1.165, 1.54) is 0 Å². The van der Waals surface area contributed by atoms with Crippen LogP contribution >= 0.6 is 0 Å². The minimum atomic E-state index is -1.02. The van der Waals surface area contributed by atoms with Gasteiger partial charge in [-0.3, -0.25) is 20.4 Å². The van der Waals surface area contributed by atoms with Crippen molar-refractivity contribution in [3.8, 4) is 23.2 Å². The standard InChI is InChI=1S/C30H38N8O4/c1-5-8-24(35-27(21(4)6-2)37-38(40)29(20-31)11-12-29)30(13-15-41-16-14-30)28(39)36-25-10-9-22(17-33-25)23-18-32-19-26(34-23)42-7-3/h5,8-10,17-19,37,40H,6-7,11-16H2,1-4H3,(H,33,36,39)/b8-5-,27-21?,35-24+. The van der Waals surface area contributed by atoms with Gasteiger partial charge in [-0.25, -0.2) is 15.0 Å². The molecule has 4 rings (SSSR count). The van der Waals surface area contributed by atoms with E-state index < -0.39 is 11.0 Å². The van der Waals surface area contributed by atoms with E-state index in [9.17, 15) is 15.3 Å². The Hall–Kier alpha value is -4.18. The van der Waals surface area contributed by atoms with Crippen LogP contribution < -0.4 is 15.5 Å². The van der Waals surface area contributed by atoms with E-state index in [4.69, 9.17) is 14.5 Å². The number of ether oxygens (including phenoxy) is 2. The van der Waals surface area contributed by atoms with Gasteiger partial charge in [0.2, 0.25) is 11.8 Å². The highest BCUT2D eigenvalue weighted by atomic mass is 16.5. The minimum absolute atomic E-state index is 0.258. The Morgan fingerprint density at radius 2 is 2.00 bits per heavy atom. The van der Waals surface area contributed by atoms with Crippen molar-refractivity contribution in [3.05, 3.63) is 54.3 Å². The number of pyridine rings is 1. The summed E-state index contributed by atoms with van der Waals surface area (Å²) in [6.45, 7) is 8.87. The molecule has 1 amide bonds. The number of carbonyl (C=O) groups is 1. The molecule has 0 radical (unpaired) electrons. The number of anilines is 1. The Morgan fingerprint density at radius 3 is 2.60 bits per heavy atom. The molecule has 12 heteroatoms. The maximum atomic E-state index is 14.0. The van der Waals surface area contributed by atoms with E-state index in [1.807, 2.05) is 45.9 Å². The van der Waals surface area contributed by atoms with Gasteiger partial charge in [-0.05, 0) is 76.7 Å². The third-order valence-electron chi connectivity index (χ3n) is 7.52. The van der Waals surface area contributed by atoms with Crippen molar-refractivity contribution in [2.45, 2.75) is 65.3 Å². The second-order valence-electron chi connectivity index (χ2n) is 10.3. The Kier molecular flexibility index (Phi) is 10.0. The molecule has 0 aromatic carbocycles. The van der Waals surface area contributed by atoms with Crippen LogP contribution in [0.4, 0.5) is 5.82 Å². The van der Waals surface area contributed by atoms with Gasteiger partial charge in [0.25, 0.3) is 0 Å². The number of aliphatic imine (C=N–C) groups is 1. The highest BCUT2D eigenvalue weighted by Crippen LogP contribution is 2.40. The first-order valence-electron chi connectivity index (χ1n) is 14.2. The number of nitrogens with one attached hydrogen (secondary N) is 2. The lowest BCUT2D eigenvalue weighted by atomic mass is 9.74. The third kappa shape index (κ3) is 6.82. The van der Waals surface area contributed by atoms with Gasteiger partial charge in [0.15, 0.2) is 5.54 Å². The highest BCUT2D eigenvalue weighted by molar-refractivity contribution is 6.17. The fraction of sp³-hybridized carbons (Fsp3) is 0.467. The van der Waals surface area contributed by atoms with Crippen LogP contribution in [-0.2, 0) is 9.53 Å². The van der Waals surface area contributed by atoms with Crippen LogP contribution in [0.1, 0.15) is 59.8 Å². The summed E-state index contributed by atoms with van der Waals surface area (Å²) in [7, 11) is 0. The fourth-order valence-electron chi connectivity index (χ4n) is 4.54. The molecule has 0 atom stereocenters. The van der Waals surface area contributed by atoms with Crippen LogP contribution in [0.2, 0.25) is 0 Å². The first-order chi connectivity index (χ1) is 20.3. The summed E-state index contributed by atoms with van der Waals surface area (Å²) in [5.41, 5.74) is 3.65. The number of hydrogen-bond acceptors (Lipinski definition) is 11. The summed E-state index contributed by atoms with van der Waals surface area (Å²) >= 11 is 0. The predicted octanol–water partition coefficient (Wildman–Crippen LogP) is 4.58. The molecule has 3 N–H and O–H groups in total. The van der Waals surface area contributed by atoms with Crippen LogP contribution in [0, 0.1) is 16.7 Å². The van der Waals surface area contributed by atoms with Gasteiger partial charge in [0.1, 0.15) is 11.6 Å². The van der Waals surface area contributed by atoms with Crippen molar-refractivity contribution in [2.75, 3.05) is 25.1 Å². The molecular weight excluding hydrogens is 536 g/mol. The summed E-state index contributed by atoms with van der Waals surface area (Å²) in [4.78, 5) is 32.0. The molecule has 2 aromatic heterocycles. The number of allylic oxidation sites excluding steroid dienone is 3. The second-order valence-corrected chi connectivity index (χ2v) is 10.3. The first kappa shape index (κ1) is 30.8. The van der Waals surface area contributed by atoms with E-state index in [0.29, 0.717) is 80.8 Å².